The van der Waals surface area contributed by atoms with E-state index in [0.717, 1.165) is 69.6 Å². The molecular weight excluding hydrogens is 316 g/mol. The van der Waals surface area contributed by atoms with Gasteiger partial charge in [-0.05, 0) is 24.6 Å². The van der Waals surface area contributed by atoms with Crippen LogP contribution in [-0.2, 0) is 11.3 Å². The van der Waals surface area contributed by atoms with E-state index in [0.29, 0.717) is 6.54 Å². The van der Waals surface area contributed by atoms with Crippen molar-refractivity contribution >= 4 is 11.8 Å². The van der Waals surface area contributed by atoms with Gasteiger partial charge < -0.3 is 25.2 Å². The number of hydrogen-bond donors (Lipinski definition) is 2. The Bertz CT molecular complexity index is 511. The number of hydrogen-bond acceptors (Lipinski definition) is 5. The summed E-state index contributed by atoms with van der Waals surface area (Å²) >= 11 is 0. The van der Waals surface area contributed by atoms with Crippen LogP contribution in [0, 0.1) is 0 Å². The Kier molecular flexibility index (Phi) is 8.48. The monoisotopic (exact) mass is 348 g/mol. The molecular formula is C18H32N6O. The molecule has 1 aromatic rings. The fourth-order valence-electron chi connectivity index (χ4n) is 2.83. The van der Waals surface area contributed by atoms with E-state index in [1.54, 1.807) is 14.2 Å². The van der Waals surface area contributed by atoms with Gasteiger partial charge >= 0.3 is 0 Å². The Balaban J connectivity index is 1.76. The Morgan fingerprint density at radius 3 is 2.64 bits per heavy atom. The molecule has 2 heterocycles. The molecule has 7 nitrogen and oxygen atoms in total. The van der Waals surface area contributed by atoms with Crippen molar-refractivity contribution < 1.29 is 4.74 Å². The number of aliphatic imine (C=N–C) groups is 1. The summed E-state index contributed by atoms with van der Waals surface area (Å²) in [4.78, 5) is 13.7. The van der Waals surface area contributed by atoms with Crippen molar-refractivity contribution in [3.63, 3.8) is 0 Å². The zero-order chi connectivity index (χ0) is 17.9. The molecule has 0 unspecified atom stereocenters. The standard InChI is InChI=1S/C18H32N6O/c1-4-23-9-11-24(12-10-23)17-7-6-16(14-21-17)15-22-18(19-2)20-8-5-13-25-3/h6-7,14H,4-5,8-13,15H2,1-3H3,(H2,19,20,22). The SMILES string of the molecule is CCN1CCN(c2ccc(CNC(=NC)NCCCOC)cn2)CC1. The number of aromatic nitrogens is 1. The fraction of sp³-hybridized carbons (Fsp3) is 0.667. The molecule has 1 saturated heterocycles. The number of pyridine rings is 1. The second kappa shape index (κ2) is 10.9. The first-order valence-electron chi connectivity index (χ1n) is 9.12. The van der Waals surface area contributed by atoms with Gasteiger partial charge in [0.25, 0.3) is 0 Å². The van der Waals surface area contributed by atoms with Gasteiger partial charge in [0.1, 0.15) is 5.82 Å². The maximum Gasteiger partial charge on any atom is 0.191 e. The minimum absolute atomic E-state index is 0.709. The van der Waals surface area contributed by atoms with Gasteiger partial charge in [-0.2, -0.15) is 0 Å². The average Bonchev–Trinajstić information content (AvgIpc) is 2.68. The maximum atomic E-state index is 5.04. The lowest BCUT2D eigenvalue weighted by Crippen LogP contribution is -2.46. The molecule has 140 valence electrons. The molecule has 1 aliphatic heterocycles. The van der Waals surface area contributed by atoms with Gasteiger partial charge in [0.15, 0.2) is 5.96 Å². The van der Waals surface area contributed by atoms with E-state index in [1.807, 2.05) is 6.20 Å². The highest BCUT2D eigenvalue weighted by Crippen LogP contribution is 2.13. The Hall–Kier alpha value is -1.86. The smallest absolute Gasteiger partial charge is 0.191 e. The molecule has 1 aliphatic rings. The molecule has 0 aromatic carbocycles. The van der Waals surface area contributed by atoms with E-state index >= 15 is 0 Å². The van der Waals surface area contributed by atoms with Crippen LogP contribution in [0.1, 0.15) is 18.9 Å². The third-order valence-electron chi connectivity index (χ3n) is 4.45. The molecule has 1 fully saturated rings. The molecule has 0 bridgehead atoms. The van der Waals surface area contributed by atoms with E-state index in [4.69, 9.17) is 4.74 Å². The van der Waals surface area contributed by atoms with Gasteiger partial charge in [-0.3, -0.25) is 4.99 Å². The lowest BCUT2D eigenvalue weighted by atomic mass is 10.2. The van der Waals surface area contributed by atoms with E-state index in [1.165, 1.54) is 0 Å². The maximum absolute atomic E-state index is 5.04. The first kappa shape index (κ1) is 19.5. The molecule has 0 saturated carbocycles. The van der Waals surface area contributed by atoms with Gasteiger partial charge in [-0.1, -0.05) is 13.0 Å². The third kappa shape index (κ3) is 6.51. The molecule has 2 N–H and O–H groups in total. The van der Waals surface area contributed by atoms with Gasteiger partial charge in [0, 0.05) is 66.2 Å². The normalized spacial score (nSPS) is 16.1. The average molecular weight is 348 g/mol. The van der Waals surface area contributed by atoms with E-state index in [-0.39, 0.29) is 0 Å². The number of likely N-dealkylation sites (N-methyl/N-ethyl adjacent to an activating group) is 1. The van der Waals surface area contributed by atoms with Crippen molar-refractivity contribution in [2.24, 2.45) is 4.99 Å². The Morgan fingerprint density at radius 1 is 1.24 bits per heavy atom. The van der Waals surface area contributed by atoms with Crippen LogP contribution in [-0.4, -0.2) is 75.9 Å². The second-order valence-corrected chi connectivity index (χ2v) is 6.14. The lowest BCUT2D eigenvalue weighted by Gasteiger charge is -2.34. The van der Waals surface area contributed by atoms with Gasteiger partial charge in [0.05, 0.1) is 0 Å². The van der Waals surface area contributed by atoms with Crippen molar-refractivity contribution in [3.05, 3.63) is 23.9 Å². The quantitative estimate of drug-likeness (QED) is 0.414. The second-order valence-electron chi connectivity index (χ2n) is 6.14. The van der Waals surface area contributed by atoms with Gasteiger partial charge in [-0.15, -0.1) is 0 Å². The summed E-state index contributed by atoms with van der Waals surface area (Å²) in [5.41, 5.74) is 1.15. The highest BCUT2D eigenvalue weighted by molar-refractivity contribution is 5.79. The lowest BCUT2D eigenvalue weighted by molar-refractivity contribution is 0.195. The molecule has 0 radical (unpaired) electrons. The molecule has 2 rings (SSSR count). The highest BCUT2D eigenvalue weighted by atomic mass is 16.5. The molecule has 0 spiro atoms. The number of nitrogens with zero attached hydrogens (tertiary/aromatic N) is 4. The van der Waals surface area contributed by atoms with Crippen molar-refractivity contribution in [2.45, 2.75) is 19.9 Å². The predicted molar refractivity (Wildman–Crippen MR) is 103 cm³/mol. The van der Waals surface area contributed by atoms with Crippen LogP contribution in [0.15, 0.2) is 23.3 Å². The zero-order valence-corrected chi connectivity index (χ0v) is 15.8. The summed E-state index contributed by atoms with van der Waals surface area (Å²) in [6, 6.07) is 4.26. The summed E-state index contributed by atoms with van der Waals surface area (Å²) in [7, 11) is 3.50. The highest BCUT2D eigenvalue weighted by Gasteiger charge is 2.16. The molecule has 1 aromatic heterocycles. The fourth-order valence-corrected chi connectivity index (χ4v) is 2.83. The third-order valence-corrected chi connectivity index (χ3v) is 4.45. The Morgan fingerprint density at radius 2 is 2.04 bits per heavy atom. The minimum atomic E-state index is 0.709. The van der Waals surface area contributed by atoms with Crippen LogP contribution in [0.5, 0.6) is 0 Å². The zero-order valence-electron chi connectivity index (χ0n) is 15.8. The Labute approximate surface area is 151 Å². The molecule has 7 heteroatoms. The number of methoxy groups -OCH3 is 1. The van der Waals surface area contributed by atoms with Crippen LogP contribution in [0.3, 0.4) is 0 Å². The molecule has 25 heavy (non-hydrogen) atoms. The van der Waals surface area contributed by atoms with Crippen LogP contribution in [0.25, 0.3) is 0 Å². The summed E-state index contributed by atoms with van der Waals surface area (Å²) in [6.45, 7) is 9.99. The summed E-state index contributed by atoms with van der Waals surface area (Å²) in [6.07, 6.45) is 2.91. The van der Waals surface area contributed by atoms with Crippen LogP contribution < -0.4 is 15.5 Å². The van der Waals surface area contributed by atoms with Crippen LogP contribution in [0.2, 0.25) is 0 Å². The summed E-state index contributed by atoms with van der Waals surface area (Å²) in [5, 5.41) is 6.59. The molecule has 0 atom stereocenters. The number of anilines is 1. The minimum Gasteiger partial charge on any atom is -0.385 e. The first-order valence-corrected chi connectivity index (χ1v) is 9.12. The largest absolute Gasteiger partial charge is 0.385 e. The number of ether oxygens (including phenoxy) is 1. The predicted octanol–water partition coefficient (Wildman–Crippen LogP) is 0.925. The van der Waals surface area contributed by atoms with E-state index in [2.05, 4.69) is 49.5 Å². The van der Waals surface area contributed by atoms with Gasteiger partial charge in [0.2, 0.25) is 0 Å². The van der Waals surface area contributed by atoms with Crippen LogP contribution in [0.4, 0.5) is 5.82 Å². The van der Waals surface area contributed by atoms with E-state index in [9.17, 15) is 0 Å². The first-order chi connectivity index (χ1) is 12.3. The number of nitrogens with one attached hydrogen (secondary N) is 2. The van der Waals surface area contributed by atoms with Crippen molar-refractivity contribution in [2.75, 3.05) is 64.9 Å². The van der Waals surface area contributed by atoms with Crippen molar-refractivity contribution in [3.8, 4) is 0 Å². The summed E-state index contributed by atoms with van der Waals surface area (Å²) in [5.74, 6) is 1.87. The van der Waals surface area contributed by atoms with E-state index < -0.39 is 0 Å². The number of rotatable bonds is 8. The topological polar surface area (TPSA) is 65.0 Å². The van der Waals surface area contributed by atoms with Crippen molar-refractivity contribution in [1.29, 1.82) is 0 Å². The molecule has 0 amide bonds. The number of piperazine rings is 1. The number of guanidine groups is 1. The van der Waals surface area contributed by atoms with Crippen molar-refractivity contribution in [1.82, 2.24) is 20.5 Å². The van der Waals surface area contributed by atoms with Crippen LogP contribution >= 0.6 is 0 Å². The molecule has 0 aliphatic carbocycles. The van der Waals surface area contributed by atoms with Gasteiger partial charge in [-0.25, -0.2) is 4.98 Å². The summed E-state index contributed by atoms with van der Waals surface area (Å²) < 4.78 is 5.04.